The fraction of sp³-hybridized carbons (Fsp3) is 0.417. The zero-order chi connectivity index (χ0) is 12.3. The first kappa shape index (κ1) is 11.6. The first-order valence-corrected chi connectivity index (χ1v) is 5.67. The van der Waals surface area contributed by atoms with Gasteiger partial charge >= 0.3 is 5.97 Å². The van der Waals surface area contributed by atoms with Crippen LogP contribution in [0.2, 0.25) is 0 Å². The second-order valence-electron chi connectivity index (χ2n) is 4.21. The predicted octanol–water partition coefficient (Wildman–Crippen LogP) is 1.91. The van der Waals surface area contributed by atoms with Gasteiger partial charge in [0, 0.05) is 17.8 Å². The highest BCUT2D eigenvalue weighted by Gasteiger charge is 2.22. The van der Waals surface area contributed by atoms with Gasteiger partial charge in [0.2, 0.25) is 5.91 Å². The highest BCUT2D eigenvalue weighted by molar-refractivity contribution is 5.94. The van der Waals surface area contributed by atoms with E-state index in [1.807, 2.05) is 0 Å². The molecule has 5 nitrogen and oxygen atoms in total. The topological polar surface area (TPSA) is 79.3 Å². The molecule has 1 aromatic heterocycles. The van der Waals surface area contributed by atoms with Gasteiger partial charge in [0.05, 0.1) is 0 Å². The van der Waals surface area contributed by atoms with Crippen molar-refractivity contribution < 1.29 is 14.7 Å². The Morgan fingerprint density at radius 2 is 2.06 bits per heavy atom. The second-order valence-corrected chi connectivity index (χ2v) is 4.21. The number of nitrogens with zero attached hydrogens (tertiary/aromatic N) is 1. The van der Waals surface area contributed by atoms with Gasteiger partial charge < -0.3 is 10.4 Å². The smallest absolute Gasteiger partial charge is 0.354 e. The van der Waals surface area contributed by atoms with Crippen molar-refractivity contribution in [3.63, 3.8) is 0 Å². The molecule has 0 aliphatic heterocycles. The molecule has 1 aliphatic rings. The van der Waals surface area contributed by atoms with E-state index in [0.717, 1.165) is 25.7 Å². The van der Waals surface area contributed by atoms with Crippen molar-refractivity contribution in [2.24, 2.45) is 5.92 Å². The van der Waals surface area contributed by atoms with Gasteiger partial charge in [-0.1, -0.05) is 12.8 Å². The summed E-state index contributed by atoms with van der Waals surface area (Å²) in [5.74, 6) is -1.05. The molecular formula is C12H14N2O3. The van der Waals surface area contributed by atoms with Crippen LogP contribution in [0.4, 0.5) is 5.69 Å². The summed E-state index contributed by atoms with van der Waals surface area (Å²) in [6.07, 6.45) is 5.41. The number of carbonyl (C=O) groups excluding carboxylic acids is 1. The Bertz CT molecular complexity index is 439. The lowest BCUT2D eigenvalue weighted by atomic mass is 10.1. The highest BCUT2D eigenvalue weighted by Crippen LogP contribution is 2.25. The summed E-state index contributed by atoms with van der Waals surface area (Å²) in [6.45, 7) is 0. The van der Waals surface area contributed by atoms with Gasteiger partial charge in [0.15, 0.2) is 0 Å². The Morgan fingerprint density at radius 3 is 2.71 bits per heavy atom. The zero-order valence-corrected chi connectivity index (χ0v) is 9.35. The van der Waals surface area contributed by atoms with Crippen LogP contribution in [0.3, 0.4) is 0 Å². The second kappa shape index (κ2) is 4.95. The molecule has 0 aromatic carbocycles. The Morgan fingerprint density at radius 1 is 1.35 bits per heavy atom. The van der Waals surface area contributed by atoms with Crippen molar-refractivity contribution in [3.05, 3.63) is 24.0 Å². The average molecular weight is 234 g/mol. The van der Waals surface area contributed by atoms with Crippen molar-refractivity contribution in [3.8, 4) is 0 Å². The highest BCUT2D eigenvalue weighted by atomic mass is 16.4. The molecule has 90 valence electrons. The summed E-state index contributed by atoms with van der Waals surface area (Å²) in [7, 11) is 0. The van der Waals surface area contributed by atoms with Crippen molar-refractivity contribution in [2.75, 3.05) is 5.32 Å². The number of rotatable bonds is 3. The fourth-order valence-corrected chi connectivity index (χ4v) is 2.06. The molecule has 2 rings (SSSR count). The molecule has 1 saturated carbocycles. The molecule has 1 aliphatic carbocycles. The van der Waals surface area contributed by atoms with E-state index in [1.54, 1.807) is 6.07 Å². The Kier molecular flexibility index (Phi) is 3.37. The maximum absolute atomic E-state index is 11.8. The molecule has 0 atom stereocenters. The number of hydrogen-bond donors (Lipinski definition) is 2. The number of anilines is 1. The minimum atomic E-state index is -1.10. The molecule has 0 saturated heterocycles. The number of carbonyl (C=O) groups is 2. The van der Waals surface area contributed by atoms with Crippen molar-refractivity contribution >= 4 is 17.6 Å². The first-order chi connectivity index (χ1) is 8.16. The Labute approximate surface area is 98.9 Å². The van der Waals surface area contributed by atoms with E-state index >= 15 is 0 Å². The van der Waals surface area contributed by atoms with Crippen molar-refractivity contribution in [2.45, 2.75) is 25.7 Å². The number of carboxylic acid groups (broad SMARTS) is 1. The molecule has 1 aromatic rings. The van der Waals surface area contributed by atoms with Gasteiger partial charge in [-0.15, -0.1) is 0 Å². The summed E-state index contributed by atoms with van der Waals surface area (Å²) in [5.41, 5.74) is 0.434. The average Bonchev–Trinajstić information content (AvgIpc) is 2.82. The lowest BCUT2D eigenvalue weighted by Crippen LogP contribution is -2.20. The quantitative estimate of drug-likeness (QED) is 0.837. The lowest BCUT2D eigenvalue weighted by molar-refractivity contribution is -0.119. The van der Waals surface area contributed by atoms with Crippen molar-refractivity contribution in [1.29, 1.82) is 0 Å². The third-order valence-electron chi connectivity index (χ3n) is 2.97. The van der Waals surface area contributed by atoms with Crippen LogP contribution in [-0.4, -0.2) is 22.0 Å². The maximum atomic E-state index is 11.8. The molecule has 1 heterocycles. The fourth-order valence-electron chi connectivity index (χ4n) is 2.06. The molecule has 0 unspecified atom stereocenters. The molecule has 2 N–H and O–H groups in total. The molecular weight excluding hydrogens is 220 g/mol. The SMILES string of the molecule is O=C(O)c1cc(NC(=O)C2CCCC2)ccn1. The van der Waals surface area contributed by atoms with Crippen LogP contribution in [0.5, 0.6) is 0 Å². The summed E-state index contributed by atoms with van der Waals surface area (Å²) in [6, 6.07) is 2.97. The number of nitrogens with one attached hydrogen (secondary N) is 1. The number of aromatic nitrogens is 1. The van der Waals surface area contributed by atoms with Gasteiger partial charge in [-0.25, -0.2) is 9.78 Å². The van der Waals surface area contributed by atoms with Gasteiger partial charge in [-0.05, 0) is 25.0 Å². The largest absolute Gasteiger partial charge is 0.477 e. The van der Waals surface area contributed by atoms with Gasteiger partial charge in [-0.3, -0.25) is 4.79 Å². The first-order valence-electron chi connectivity index (χ1n) is 5.67. The maximum Gasteiger partial charge on any atom is 0.354 e. The van der Waals surface area contributed by atoms with Gasteiger partial charge in [0.25, 0.3) is 0 Å². The number of aromatic carboxylic acids is 1. The monoisotopic (exact) mass is 234 g/mol. The molecule has 5 heteroatoms. The number of carboxylic acids is 1. The van der Waals surface area contributed by atoms with E-state index in [0.29, 0.717) is 5.69 Å². The summed E-state index contributed by atoms with van der Waals surface area (Å²) >= 11 is 0. The summed E-state index contributed by atoms with van der Waals surface area (Å²) in [4.78, 5) is 26.2. The Balaban J connectivity index is 2.05. The molecule has 1 fully saturated rings. The normalized spacial score (nSPS) is 15.8. The minimum Gasteiger partial charge on any atom is -0.477 e. The van der Waals surface area contributed by atoms with Crippen LogP contribution in [0.25, 0.3) is 0 Å². The third kappa shape index (κ3) is 2.81. The summed E-state index contributed by atoms with van der Waals surface area (Å²) in [5, 5.41) is 11.5. The van der Waals surface area contributed by atoms with E-state index < -0.39 is 5.97 Å². The molecule has 0 radical (unpaired) electrons. The number of pyridine rings is 1. The summed E-state index contributed by atoms with van der Waals surface area (Å²) < 4.78 is 0. The zero-order valence-electron chi connectivity index (χ0n) is 9.35. The van der Waals surface area contributed by atoms with Crippen LogP contribution in [0, 0.1) is 5.92 Å². The van der Waals surface area contributed by atoms with Gasteiger partial charge in [-0.2, -0.15) is 0 Å². The van der Waals surface area contributed by atoms with Crippen LogP contribution < -0.4 is 5.32 Å². The van der Waals surface area contributed by atoms with Crippen LogP contribution >= 0.6 is 0 Å². The molecule has 0 spiro atoms. The van der Waals surface area contributed by atoms with E-state index in [-0.39, 0.29) is 17.5 Å². The standard InChI is InChI=1S/C12H14N2O3/c15-11(8-3-1-2-4-8)14-9-5-6-13-10(7-9)12(16)17/h5-8H,1-4H2,(H,16,17)(H,13,14,15). The molecule has 17 heavy (non-hydrogen) atoms. The number of amides is 1. The van der Waals surface area contributed by atoms with Crippen molar-refractivity contribution in [1.82, 2.24) is 4.98 Å². The van der Waals surface area contributed by atoms with E-state index in [9.17, 15) is 9.59 Å². The third-order valence-corrected chi connectivity index (χ3v) is 2.97. The lowest BCUT2D eigenvalue weighted by Gasteiger charge is -2.10. The van der Waals surface area contributed by atoms with E-state index in [1.165, 1.54) is 12.3 Å². The van der Waals surface area contributed by atoms with Crippen LogP contribution in [-0.2, 0) is 4.79 Å². The number of hydrogen-bond acceptors (Lipinski definition) is 3. The molecule has 0 bridgehead atoms. The van der Waals surface area contributed by atoms with Crippen LogP contribution in [0.1, 0.15) is 36.2 Å². The predicted molar refractivity (Wildman–Crippen MR) is 61.8 cm³/mol. The van der Waals surface area contributed by atoms with E-state index in [4.69, 9.17) is 5.11 Å². The van der Waals surface area contributed by atoms with E-state index in [2.05, 4.69) is 10.3 Å². The van der Waals surface area contributed by atoms with Crippen LogP contribution in [0.15, 0.2) is 18.3 Å². The Hall–Kier alpha value is -1.91. The van der Waals surface area contributed by atoms with Gasteiger partial charge in [0.1, 0.15) is 5.69 Å². The molecule has 1 amide bonds. The minimum absolute atomic E-state index is 0.0231.